The summed E-state index contributed by atoms with van der Waals surface area (Å²) < 4.78 is 0. The van der Waals surface area contributed by atoms with Crippen LogP contribution in [0.4, 0.5) is 0 Å². The Bertz CT molecular complexity index is 167. The molecule has 0 aliphatic carbocycles. The minimum absolute atomic E-state index is 0.123. The lowest BCUT2D eigenvalue weighted by Gasteiger charge is -2.08. The molecule has 0 saturated carbocycles. The van der Waals surface area contributed by atoms with E-state index in [9.17, 15) is 4.79 Å². The second-order valence-corrected chi connectivity index (χ2v) is 2.36. The Morgan fingerprint density at radius 2 is 2.36 bits per heavy atom. The van der Waals surface area contributed by atoms with E-state index in [-0.39, 0.29) is 17.7 Å². The minimum Gasteiger partial charge on any atom is -0.409 e. The van der Waals surface area contributed by atoms with Crippen molar-refractivity contribution in [2.75, 3.05) is 6.54 Å². The van der Waals surface area contributed by atoms with Crippen molar-refractivity contribution in [2.24, 2.45) is 16.8 Å². The number of carbonyl (C=O) groups is 1. The van der Waals surface area contributed by atoms with Crippen LogP contribution < -0.4 is 11.1 Å². The Morgan fingerprint density at radius 3 is 2.73 bits per heavy atom. The molecule has 4 N–H and O–H groups in total. The summed E-state index contributed by atoms with van der Waals surface area (Å²) in [5.74, 6) is -0.134. The Balaban J connectivity index is 3.69. The molecule has 5 heteroatoms. The molecule has 5 nitrogen and oxygen atoms in total. The van der Waals surface area contributed by atoms with Crippen molar-refractivity contribution in [1.82, 2.24) is 5.32 Å². The lowest BCUT2D eigenvalue weighted by atomic mass is 10.1. The molecular weight excluding hydrogens is 146 g/mol. The first-order valence-corrected chi connectivity index (χ1v) is 3.29. The highest BCUT2D eigenvalue weighted by atomic mass is 16.4. The van der Waals surface area contributed by atoms with Gasteiger partial charge in [0.2, 0.25) is 5.91 Å². The standard InChI is InChI=1S/C6H13N3O2/c1-4(6(7)9-11)3-8-5(2)10/h4,11H,3H2,1-2H3,(H2,7,9)(H,8,10). The van der Waals surface area contributed by atoms with E-state index >= 15 is 0 Å². The van der Waals surface area contributed by atoms with Crippen LogP contribution in [0.2, 0.25) is 0 Å². The van der Waals surface area contributed by atoms with Crippen LogP contribution in [0.1, 0.15) is 13.8 Å². The van der Waals surface area contributed by atoms with Crippen molar-refractivity contribution >= 4 is 11.7 Å². The van der Waals surface area contributed by atoms with Crippen molar-refractivity contribution in [2.45, 2.75) is 13.8 Å². The molecule has 0 aromatic carbocycles. The number of rotatable bonds is 3. The van der Waals surface area contributed by atoms with E-state index in [4.69, 9.17) is 10.9 Å². The van der Waals surface area contributed by atoms with Gasteiger partial charge in [-0.3, -0.25) is 4.79 Å². The molecule has 0 radical (unpaired) electrons. The highest BCUT2D eigenvalue weighted by Gasteiger charge is 2.06. The van der Waals surface area contributed by atoms with E-state index in [1.54, 1.807) is 6.92 Å². The second kappa shape index (κ2) is 4.54. The van der Waals surface area contributed by atoms with E-state index in [0.29, 0.717) is 6.54 Å². The van der Waals surface area contributed by atoms with Crippen LogP contribution in [0, 0.1) is 5.92 Å². The van der Waals surface area contributed by atoms with Crippen LogP contribution in [-0.2, 0) is 4.79 Å². The summed E-state index contributed by atoms with van der Waals surface area (Å²) in [5.41, 5.74) is 5.25. The SMILES string of the molecule is CC(=O)NCC(C)/C(N)=N/O. The van der Waals surface area contributed by atoms with Gasteiger partial charge < -0.3 is 16.3 Å². The fourth-order valence-electron chi connectivity index (χ4n) is 0.500. The van der Waals surface area contributed by atoms with E-state index in [1.165, 1.54) is 6.92 Å². The number of nitrogens with one attached hydrogen (secondary N) is 1. The Morgan fingerprint density at radius 1 is 1.82 bits per heavy atom. The maximum absolute atomic E-state index is 10.4. The fraction of sp³-hybridized carbons (Fsp3) is 0.667. The van der Waals surface area contributed by atoms with Crippen molar-refractivity contribution in [1.29, 1.82) is 0 Å². The predicted octanol–water partition coefficient (Wildman–Crippen LogP) is -0.495. The first-order chi connectivity index (χ1) is 5.07. The molecular formula is C6H13N3O2. The molecule has 0 fully saturated rings. The first kappa shape index (κ1) is 9.74. The van der Waals surface area contributed by atoms with Crippen LogP contribution in [0.25, 0.3) is 0 Å². The molecule has 1 unspecified atom stereocenters. The largest absolute Gasteiger partial charge is 0.409 e. The van der Waals surface area contributed by atoms with Gasteiger partial charge in [0.05, 0.1) is 0 Å². The molecule has 0 bridgehead atoms. The van der Waals surface area contributed by atoms with Crippen LogP contribution >= 0.6 is 0 Å². The topological polar surface area (TPSA) is 87.7 Å². The highest BCUT2D eigenvalue weighted by molar-refractivity contribution is 5.82. The number of oxime groups is 1. The lowest BCUT2D eigenvalue weighted by Crippen LogP contribution is -2.33. The van der Waals surface area contributed by atoms with Crippen LogP contribution in [0.5, 0.6) is 0 Å². The van der Waals surface area contributed by atoms with Crippen molar-refractivity contribution in [3.05, 3.63) is 0 Å². The number of hydrogen-bond donors (Lipinski definition) is 3. The van der Waals surface area contributed by atoms with Gasteiger partial charge in [0.1, 0.15) is 5.84 Å². The Kier molecular flexibility index (Phi) is 4.02. The number of hydrogen-bond acceptors (Lipinski definition) is 3. The molecule has 0 aliphatic heterocycles. The van der Waals surface area contributed by atoms with Gasteiger partial charge >= 0.3 is 0 Å². The molecule has 1 amide bonds. The summed E-state index contributed by atoms with van der Waals surface area (Å²) in [5, 5.41) is 13.6. The summed E-state index contributed by atoms with van der Waals surface area (Å²) >= 11 is 0. The smallest absolute Gasteiger partial charge is 0.216 e. The van der Waals surface area contributed by atoms with Crippen molar-refractivity contribution < 1.29 is 10.0 Å². The molecule has 0 rings (SSSR count). The van der Waals surface area contributed by atoms with Crippen LogP contribution in [-0.4, -0.2) is 23.5 Å². The minimum atomic E-state index is -0.135. The molecule has 0 saturated heterocycles. The summed E-state index contributed by atoms with van der Waals surface area (Å²) in [4.78, 5) is 10.4. The molecule has 0 aromatic rings. The molecule has 0 spiro atoms. The maximum Gasteiger partial charge on any atom is 0.216 e. The second-order valence-electron chi connectivity index (χ2n) is 2.36. The third kappa shape index (κ3) is 4.19. The van der Waals surface area contributed by atoms with Crippen LogP contribution in [0.15, 0.2) is 5.16 Å². The molecule has 0 aromatic heterocycles. The average Bonchev–Trinajstić information content (AvgIpc) is 1.98. The number of carbonyl (C=O) groups excluding carboxylic acids is 1. The average molecular weight is 159 g/mol. The normalized spacial score (nSPS) is 14.2. The fourth-order valence-corrected chi connectivity index (χ4v) is 0.500. The summed E-state index contributed by atoms with van der Waals surface area (Å²) in [6, 6.07) is 0. The van der Waals surface area contributed by atoms with Crippen molar-refractivity contribution in [3.8, 4) is 0 Å². The Hall–Kier alpha value is -1.26. The molecule has 1 atom stereocenters. The molecule has 0 heterocycles. The summed E-state index contributed by atoms with van der Waals surface area (Å²) in [6.07, 6.45) is 0. The molecule has 64 valence electrons. The van der Waals surface area contributed by atoms with E-state index < -0.39 is 0 Å². The van der Waals surface area contributed by atoms with Gasteiger partial charge in [-0.25, -0.2) is 0 Å². The molecule has 11 heavy (non-hydrogen) atoms. The first-order valence-electron chi connectivity index (χ1n) is 3.29. The van der Waals surface area contributed by atoms with E-state index in [0.717, 1.165) is 0 Å². The lowest BCUT2D eigenvalue weighted by molar-refractivity contribution is -0.119. The Labute approximate surface area is 65.3 Å². The zero-order valence-corrected chi connectivity index (χ0v) is 6.66. The van der Waals surface area contributed by atoms with E-state index in [2.05, 4.69) is 10.5 Å². The van der Waals surface area contributed by atoms with Crippen molar-refractivity contribution in [3.63, 3.8) is 0 Å². The highest BCUT2D eigenvalue weighted by Crippen LogP contribution is 1.91. The number of nitrogens with zero attached hydrogens (tertiary/aromatic N) is 1. The van der Waals surface area contributed by atoms with Gasteiger partial charge in [0.15, 0.2) is 0 Å². The van der Waals surface area contributed by atoms with Gasteiger partial charge in [0, 0.05) is 19.4 Å². The van der Waals surface area contributed by atoms with E-state index in [1.807, 2.05) is 0 Å². The zero-order valence-electron chi connectivity index (χ0n) is 6.66. The maximum atomic E-state index is 10.4. The quantitative estimate of drug-likeness (QED) is 0.224. The number of amidine groups is 1. The van der Waals surface area contributed by atoms with Gasteiger partial charge in [-0.2, -0.15) is 0 Å². The van der Waals surface area contributed by atoms with Gasteiger partial charge in [-0.15, -0.1) is 0 Å². The third-order valence-electron chi connectivity index (χ3n) is 1.28. The van der Waals surface area contributed by atoms with Gasteiger partial charge in [-0.1, -0.05) is 12.1 Å². The predicted molar refractivity (Wildman–Crippen MR) is 41.3 cm³/mol. The zero-order chi connectivity index (χ0) is 8.85. The molecule has 0 aliphatic rings. The van der Waals surface area contributed by atoms with Crippen LogP contribution in [0.3, 0.4) is 0 Å². The third-order valence-corrected chi connectivity index (χ3v) is 1.28. The summed E-state index contributed by atoms with van der Waals surface area (Å²) in [7, 11) is 0. The van der Waals surface area contributed by atoms with Gasteiger partial charge in [0.25, 0.3) is 0 Å². The number of amides is 1. The summed E-state index contributed by atoms with van der Waals surface area (Å²) in [6.45, 7) is 3.56. The monoisotopic (exact) mass is 159 g/mol. The van der Waals surface area contributed by atoms with Gasteiger partial charge in [-0.05, 0) is 0 Å². The number of nitrogens with two attached hydrogens (primary N) is 1.